The lowest BCUT2D eigenvalue weighted by molar-refractivity contribution is 0.0686. The van der Waals surface area contributed by atoms with Gasteiger partial charge in [-0.3, -0.25) is 4.90 Å². The molecule has 1 aliphatic rings. The van der Waals surface area contributed by atoms with Crippen LogP contribution in [0.15, 0.2) is 17.5 Å². The molecular weight excluding hydrogens is 230 g/mol. The van der Waals surface area contributed by atoms with Crippen LogP contribution in [-0.2, 0) is 0 Å². The maximum Gasteiger partial charge on any atom is 0.133 e. The minimum Gasteiger partial charge on any atom is -0.304 e. The van der Waals surface area contributed by atoms with E-state index in [4.69, 9.17) is 0 Å². The molecule has 92 valence electrons. The van der Waals surface area contributed by atoms with Crippen molar-refractivity contribution in [2.75, 3.05) is 26.7 Å². The molecule has 1 aromatic rings. The van der Waals surface area contributed by atoms with E-state index in [1.165, 1.54) is 4.88 Å². The molecule has 0 aliphatic carbocycles. The van der Waals surface area contributed by atoms with Crippen molar-refractivity contribution in [3.8, 4) is 6.07 Å². The predicted octanol–water partition coefficient (Wildman–Crippen LogP) is 2.34. The van der Waals surface area contributed by atoms with E-state index in [-0.39, 0.29) is 6.04 Å². The zero-order valence-electron chi connectivity index (χ0n) is 10.5. The van der Waals surface area contributed by atoms with Crippen LogP contribution in [0.1, 0.15) is 24.3 Å². The lowest BCUT2D eigenvalue weighted by Gasteiger charge is -2.41. The highest BCUT2D eigenvalue weighted by molar-refractivity contribution is 7.10. The first-order valence-corrected chi connectivity index (χ1v) is 7.01. The highest BCUT2D eigenvalue weighted by Crippen LogP contribution is 2.28. The molecule has 0 saturated carbocycles. The summed E-state index contributed by atoms with van der Waals surface area (Å²) in [6.07, 6.45) is 1.11. The fraction of sp³-hybridized carbons (Fsp3) is 0.615. The average Bonchev–Trinajstić information content (AvgIpc) is 2.85. The zero-order chi connectivity index (χ0) is 12.3. The van der Waals surface area contributed by atoms with Gasteiger partial charge in [-0.05, 0) is 24.9 Å². The number of hydrogen-bond donors (Lipinski definition) is 0. The van der Waals surface area contributed by atoms with Gasteiger partial charge in [0.2, 0.25) is 0 Å². The fourth-order valence-electron chi connectivity index (χ4n) is 2.48. The second-order valence-electron chi connectivity index (χ2n) is 4.61. The molecule has 0 aromatic carbocycles. The normalized spacial score (nSPS) is 24.4. The third kappa shape index (κ3) is 2.68. The lowest BCUT2D eigenvalue weighted by Crippen LogP contribution is -2.52. The van der Waals surface area contributed by atoms with Crippen LogP contribution in [0, 0.1) is 11.3 Å². The number of rotatable bonds is 3. The van der Waals surface area contributed by atoms with Crippen LogP contribution in [0.25, 0.3) is 0 Å². The summed E-state index contributed by atoms with van der Waals surface area (Å²) in [5.41, 5.74) is 0. The second kappa shape index (κ2) is 5.63. The third-order valence-electron chi connectivity index (χ3n) is 3.47. The van der Waals surface area contributed by atoms with Gasteiger partial charge < -0.3 is 4.90 Å². The number of piperazine rings is 1. The van der Waals surface area contributed by atoms with Crippen molar-refractivity contribution < 1.29 is 0 Å². The van der Waals surface area contributed by atoms with E-state index in [9.17, 15) is 5.26 Å². The van der Waals surface area contributed by atoms with Crippen molar-refractivity contribution in [1.29, 1.82) is 5.26 Å². The smallest absolute Gasteiger partial charge is 0.133 e. The predicted molar refractivity (Wildman–Crippen MR) is 71.0 cm³/mol. The third-order valence-corrected chi connectivity index (χ3v) is 4.39. The number of nitriles is 1. The summed E-state index contributed by atoms with van der Waals surface area (Å²) >= 11 is 1.68. The lowest BCUT2D eigenvalue weighted by atomic mass is 10.1. The second-order valence-corrected chi connectivity index (χ2v) is 5.59. The first-order valence-electron chi connectivity index (χ1n) is 6.13. The van der Waals surface area contributed by atoms with Crippen LogP contribution in [-0.4, -0.2) is 42.5 Å². The molecule has 2 atom stereocenters. The summed E-state index contributed by atoms with van der Waals surface area (Å²) in [4.78, 5) is 5.90. The summed E-state index contributed by atoms with van der Waals surface area (Å²) in [6, 6.07) is 7.01. The van der Waals surface area contributed by atoms with Crippen molar-refractivity contribution in [1.82, 2.24) is 9.80 Å². The number of likely N-dealkylation sites (N-methyl/N-ethyl adjacent to an activating group) is 1. The van der Waals surface area contributed by atoms with E-state index >= 15 is 0 Å². The van der Waals surface area contributed by atoms with Crippen LogP contribution in [0.3, 0.4) is 0 Å². The van der Waals surface area contributed by atoms with Crippen molar-refractivity contribution in [3.63, 3.8) is 0 Å². The van der Waals surface area contributed by atoms with Gasteiger partial charge in [-0.15, -0.1) is 11.3 Å². The van der Waals surface area contributed by atoms with Gasteiger partial charge in [0.25, 0.3) is 0 Å². The molecule has 1 aromatic heterocycles. The highest BCUT2D eigenvalue weighted by atomic mass is 32.1. The molecule has 0 spiro atoms. The van der Waals surface area contributed by atoms with Crippen LogP contribution in [0.4, 0.5) is 0 Å². The molecular formula is C13H19N3S. The Labute approximate surface area is 107 Å². The number of hydrogen-bond acceptors (Lipinski definition) is 4. The molecule has 4 heteroatoms. The molecule has 0 bridgehead atoms. The van der Waals surface area contributed by atoms with Crippen molar-refractivity contribution in [3.05, 3.63) is 22.4 Å². The van der Waals surface area contributed by atoms with Crippen LogP contribution < -0.4 is 0 Å². The quantitative estimate of drug-likeness (QED) is 0.823. The summed E-state index contributed by atoms with van der Waals surface area (Å²) in [5, 5.41) is 11.5. The summed E-state index contributed by atoms with van der Waals surface area (Å²) < 4.78 is 0. The molecule has 0 radical (unpaired) electrons. The van der Waals surface area contributed by atoms with E-state index in [1.54, 1.807) is 11.3 Å². The largest absolute Gasteiger partial charge is 0.304 e. The first kappa shape index (κ1) is 12.6. The molecule has 1 aliphatic heterocycles. The van der Waals surface area contributed by atoms with E-state index in [0.717, 1.165) is 26.1 Å². The molecule has 2 rings (SSSR count). The molecule has 1 fully saturated rings. The van der Waals surface area contributed by atoms with E-state index < -0.39 is 0 Å². The van der Waals surface area contributed by atoms with Gasteiger partial charge >= 0.3 is 0 Å². The summed E-state index contributed by atoms with van der Waals surface area (Å²) in [6.45, 7) is 5.32. The Morgan fingerprint density at radius 3 is 3.00 bits per heavy atom. The Kier molecular flexibility index (Phi) is 4.16. The SMILES string of the molecule is CCC1CN(C)CCN1C(C#N)c1cccs1. The highest BCUT2D eigenvalue weighted by Gasteiger charge is 2.31. The Hall–Kier alpha value is -0.890. The summed E-state index contributed by atoms with van der Waals surface area (Å²) in [7, 11) is 2.16. The molecule has 0 N–H and O–H groups in total. The van der Waals surface area contributed by atoms with Crippen molar-refractivity contribution >= 4 is 11.3 Å². The Bertz CT molecular complexity index is 382. The minimum absolute atomic E-state index is 0.0614. The van der Waals surface area contributed by atoms with Gasteiger partial charge in [0.15, 0.2) is 0 Å². The fourth-order valence-corrected chi connectivity index (χ4v) is 3.26. The Morgan fingerprint density at radius 1 is 1.59 bits per heavy atom. The van der Waals surface area contributed by atoms with E-state index in [0.29, 0.717) is 6.04 Å². The number of nitrogens with zero attached hydrogens (tertiary/aromatic N) is 3. The maximum absolute atomic E-state index is 9.43. The van der Waals surface area contributed by atoms with Crippen LogP contribution in [0.2, 0.25) is 0 Å². The van der Waals surface area contributed by atoms with Crippen LogP contribution >= 0.6 is 11.3 Å². The Morgan fingerprint density at radius 2 is 2.41 bits per heavy atom. The number of thiophene rings is 1. The molecule has 2 heterocycles. The van der Waals surface area contributed by atoms with Crippen LogP contribution in [0.5, 0.6) is 0 Å². The van der Waals surface area contributed by atoms with Gasteiger partial charge in [0.1, 0.15) is 6.04 Å². The zero-order valence-corrected chi connectivity index (χ0v) is 11.3. The molecule has 2 unspecified atom stereocenters. The van der Waals surface area contributed by atoms with Gasteiger partial charge in [-0.2, -0.15) is 5.26 Å². The van der Waals surface area contributed by atoms with Crippen molar-refractivity contribution in [2.45, 2.75) is 25.4 Å². The Balaban J connectivity index is 2.16. The van der Waals surface area contributed by atoms with Crippen molar-refractivity contribution in [2.24, 2.45) is 0 Å². The van der Waals surface area contributed by atoms with Gasteiger partial charge in [0, 0.05) is 30.6 Å². The molecule has 17 heavy (non-hydrogen) atoms. The monoisotopic (exact) mass is 249 g/mol. The topological polar surface area (TPSA) is 30.3 Å². The standard InChI is InChI=1S/C13H19N3S/c1-3-11-10-15(2)6-7-16(11)12(9-14)13-5-4-8-17-13/h4-5,8,11-12H,3,6-7,10H2,1-2H3. The summed E-state index contributed by atoms with van der Waals surface area (Å²) in [5.74, 6) is 0. The van der Waals surface area contributed by atoms with E-state index in [1.807, 2.05) is 6.07 Å². The molecule has 3 nitrogen and oxygen atoms in total. The minimum atomic E-state index is -0.0614. The molecule has 0 amide bonds. The molecule has 1 saturated heterocycles. The van der Waals surface area contributed by atoms with Gasteiger partial charge in [-0.25, -0.2) is 0 Å². The first-order chi connectivity index (χ1) is 8.26. The maximum atomic E-state index is 9.43. The van der Waals surface area contributed by atoms with Gasteiger partial charge in [0.05, 0.1) is 6.07 Å². The van der Waals surface area contributed by atoms with Gasteiger partial charge in [-0.1, -0.05) is 13.0 Å². The average molecular weight is 249 g/mol. The van der Waals surface area contributed by atoms with E-state index in [2.05, 4.69) is 41.3 Å².